The summed E-state index contributed by atoms with van der Waals surface area (Å²) in [5.74, 6) is -1.57. The number of nitrogens with zero attached hydrogens (tertiary/aromatic N) is 1. The van der Waals surface area contributed by atoms with Crippen LogP contribution in [0.15, 0.2) is 12.1 Å². The summed E-state index contributed by atoms with van der Waals surface area (Å²) in [6, 6.07) is 3.13. The monoisotopic (exact) mass is 293 g/mol. The fraction of sp³-hybridized carbons (Fsp3) is 0.273. The first kappa shape index (κ1) is 15.1. The molecular formula is C11H7ClF3NO3. The lowest BCUT2D eigenvalue weighted by Crippen LogP contribution is -2.17. The van der Waals surface area contributed by atoms with Crippen LogP contribution < -0.4 is 4.74 Å². The Morgan fingerprint density at radius 3 is 2.58 bits per heavy atom. The van der Waals surface area contributed by atoms with Crippen molar-refractivity contribution >= 4 is 17.6 Å². The van der Waals surface area contributed by atoms with E-state index in [1.807, 2.05) is 0 Å². The van der Waals surface area contributed by atoms with Gasteiger partial charge >= 0.3 is 12.3 Å². The van der Waals surface area contributed by atoms with Crippen LogP contribution in [0.1, 0.15) is 22.8 Å². The highest BCUT2D eigenvalue weighted by molar-refractivity contribution is 6.34. The molecule has 0 amide bonds. The summed E-state index contributed by atoms with van der Waals surface area (Å²) >= 11 is 5.67. The fourth-order valence-corrected chi connectivity index (χ4v) is 1.56. The van der Waals surface area contributed by atoms with Gasteiger partial charge in [0.05, 0.1) is 22.8 Å². The fourth-order valence-electron chi connectivity index (χ4n) is 1.27. The molecule has 0 aliphatic carbocycles. The molecule has 0 spiro atoms. The first-order valence-electron chi connectivity index (χ1n) is 4.95. The molecule has 1 rings (SSSR count). The zero-order valence-corrected chi connectivity index (χ0v) is 10.3. The number of benzene rings is 1. The van der Waals surface area contributed by atoms with E-state index in [0.717, 1.165) is 12.1 Å². The Morgan fingerprint density at radius 2 is 2.11 bits per heavy atom. The molecule has 4 nitrogen and oxygen atoms in total. The number of carbonyl (C=O) groups is 1. The van der Waals surface area contributed by atoms with E-state index in [2.05, 4.69) is 9.47 Å². The second-order valence-electron chi connectivity index (χ2n) is 3.21. The minimum Gasteiger partial charge on any atom is -0.462 e. The van der Waals surface area contributed by atoms with Gasteiger partial charge in [-0.3, -0.25) is 0 Å². The van der Waals surface area contributed by atoms with Crippen LogP contribution in [0, 0.1) is 11.3 Å². The number of ether oxygens (including phenoxy) is 2. The predicted octanol–water partition coefficient (Wildman–Crippen LogP) is 3.29. The van der Waals surface area contributed by atoms with E-state index in [9.17, 15) is 18.0 Å². The van der Waals surface area contributed by atoms with Crippen molar-refractivity contribution in [1.82, 2.24) is 0 Å². The minimum atomic E-state index is -4.92. The Balaban J connectivity index is 3.23. The molecule has 8 heteroatoms. The van der Waals surface area contributed by atoms with Crippen molar-refractivity contribution in [2.24, 2.45) is 0 Å². The van der Waals surface area contributed by atoms with Gasteiger partial charge in [-0.15, -0.1) is 13.2 Å². The van der Waals surface area contributed by atoms with E-state index in [1.165, 1.54) is 0 Å². The van der Waals surface area contributed by atoms with Crippen molar-refractivity contribution in [1.29, 1.82) is 5.26 Å². The molecular weight excluding hydrogens is 287 g/mol. The third-order valence-corrected chi connectivity index (χ3v) is 2.20. The zero-order chi connectivity index (χ0) is 14.6. The van der Waals surface area contributed by atoms with Gasteiger partial charge in [-0.25, -0.2) is 4.79 Å². The smallest absolute Gasteiger partial charge is 0.462 e. The van der Waals surface area contributed by atoms with Crippen molar-refractivity contribution in [2.45, 2.75) is 13.3 Å². The molecule has 102 valence electrons. The average Bonchev–Trinajstić information content (AvgIpc) is 2.25. The van der Waals surface area contributed by atoms with Crippen LogP contribution in [0.3, 0.4) is 0 Å². The van der Waals surface area contributed by atoms with Crippen molar-refractivity contribution in [3.8, 4) is 11.8 Å². The summed E-state index contributed by atoms with van der Waals surface area (Å²) in [7, 11) is 0. The highest BCUT2D eigenvalue weighted by atomic mass is 35.5. The summed E-state index contributed by atoms with van der Waals surface area (Å²) in [6.45, 7) is 1.58. The number of carbonyl (C=O) groups excluding carboxylic acids is 1. The second kappa shape index (κ2) is 5.80. The normalized spacial score (nSPS) is 10.7. The quantitative estimate of drug-likeness (QED) is 0.802. The van der Waals surface area contributed by atoms with Crippen LogP contribution in [0.4, 0.5) is 13.2 Å². The number of hydrogen-bond donors (Lipinski definition) is 0. The summed E-state index contributed by atoms with van der Waals surface area (Å²) in [5.41, 5.74) is -0.647. The molecule has 1 aromatic carbocycles. The van der Waals surface area contributed by atoms with E-state index in [4.69, 9.17) is 16.9 Å². The number of esters is 1. The third-order valence-electron chi connectivity index (χ3n) is 1.90. The van der Waals surface area contributed by atoms with E-state index in [1.54, 1.807) is 13.0 Å². The van der Waals surface area contributed by atoms with E-state index in [0.29, 0.717) is 0 Å². The largest absolute Gasteiger partial charge is 0.573 e. The van der Waals surface area contributed by atoms with Gasteiger partial charge in [0.15, 0.2) is 0 Å². The van der Waals surface area contributed by atoms with Gasteiger partial charge in [-0.2, -0.15) is 5.26 Å². The molecule has 0 aliphatic heterocycles. The number of alkyl halides is 3. The lowest BCUT2D eigenvalue weighted by molar-refractivity contribution is -0.274. The van der Waals surface area contributed by atoms with Crippen molar-refractivity contribution < 1.29 is 27.4 Å². The third kappa shape index (κ3) is 4.03. The SMILES string of the molecule is CCOC(=O)c1c(Cl)cc(OC(F)(F)F)cc1C#N. The summed E-state index contributed by atoms with van der Waals surface area (Å²) in [6.07, 6.45) is -4.92. The molecule has 0 saturated carbocycles. The maximum atomic E-state index is 12.0. The molecule has 0 radical (unpaired) electrons. The van der Waals surface area contributed by atoms with E-state index < -0.39 is 18.1 Å². The van der Waals surface area contributed by atoms with Crippen LogP contribution in [0.2, 0.25) is 5.02 Å². The Kier molecular flexibility index (Phi) is 4.62. The van der Waals surface area contributed by atoms with Crippen molar-refractivity contribution in [2.75, 3.05) is 6.61 Å². The van der Waals surface area contributed by atoms with Crippen LogP contribution >= 0.6 is 11.6 Å². The maximum Gasteiger partial charge on any atom is 0.573 e. The molecule has 0 saturated heterocycles. The van der Waals surface area contributed by atoms with Gasteiger partial charge in [0.1, 0.15) is 11.8 Å². The minimum absolute atomic E-state index is 0.0425. The molecule has 0 atom stereocenters. The standard InChI is InChI=1S/C11H7ClF3NO3/c1-2-18-10(17)9-6(5-16)3-7(4-8(9)12)19-11(13,14)15/h3-4H,2H2,1H3. The van der Waals surface area contributed by atoms with Gasteiger partial charge in [0.25, 0.3) is 0 Å². The average molecular weight is 294 g/mol. The van der Waals surface area contributed by atoms with Crippen LogP contribution in [0.5, 0.6) is 5.75 Å². The molecule has 0 unspecified atom stereocenters. The summed E-state index contributed by atoms with van der Waals surface area (Å²) in [5, 5.41) is 8.48. The lowest BCUT2D eigenvalue weighted by atomic mass is 10.1. The molecule has 0 fully saturated rings. The predicted molar refractivity (Wildman–Crippen MR) is 58.8 cm³/mol. The Labute approximate surface area is 111 Å². The molecule has 0 heterocycles. The van der Waals surface area contributed by atoms with Crippen LogP contribution in [-0.2, 0) is 4.74 Å². The first-order chi connectivity index (χ1) is 8.78. The van der Waals surface area contributed by atoms with Gasteiger partial charge in [0.2, 0.25) is 0 Å². The maximum absolute atomic E-state index is 12.0. The number of hydrogen-bond acceptors (Lipinski definition) is 4. The number of rotatable bonds is 3. The van der Waals surface area contributed by atoms with Crippen LogP contribution in [-0.4, -0.2) is 18.9 Å². The molecule has 0 aromatic heterocycles. The van der Waals surface area contributed by atoms with Crippen molar-refractivity contribution in [3.05, 3.63) is 28.3 Å². The Morgan fingerprint density at radius 1 is 1.47 bits per heavy atom. The number of nitriles is 1. The van der Waals surface area contributed by atoms with Gasteiger partial charge in [-0.1, -0.05) is 11.6 Å². The molecule has 1 aromatic rings. The van der Waals surface area contributed by atoms with Gasteiger partial charge in [0, 0.05) is 6.07 Å². The molecule has 0 aliphatic rings. The van der Waals surface area contributed by atoms with E-state index in [-0.39, 0.29) is 22.8 Å². The Hall–Kier alpha value is -1.94. The van der Waals surface area contributed by atoms with Crippen LogP contribution in [0.25, 0.3) is 0 Å². The van der Waals surface area contributed by atoms with E-state index >= 15 is 0 Å². The highest BCUT2D eigenvalue weighted by Gasteiger charge is 2.32. The van der Waals surface area contributed by atoms with Gasteiger partial charge in [-0.05, 0) is 13.0 Å². The molecule has 19 heavy (non-hydrogen) atoms. The lowest BCUT2D eigenvalue weighted by Gasteiger charge is -2.11. The zero-order valence-electron chi connectivity index (χ0n) is 9.55. The van der Waals surface area contributed by atoms with Gasteiger partial charge < -0.3 is 9.47 Å². The van der Waals surface area contributed by atoms with Crippen molar-refractivity contribution in [3.63, 3.8) is 0 Å². The second-order valence-corrected chi connectivity index (χ2v) is 3.61. The molecule has 0 N–H and O–H groups in total. The molecule has 0 bridgehead atoms. The summed E-state index contributed by atoms with van der Waals surface area (Å²) in [4.78, 5) is 11.5. The highest BCUT2D eigenvalue weighted by Crippen LogP contribution is 2.30. The first-order valence-corrected chi connectivity index (χ1v) is 5.32. The Bertz CT molecular complexity index is 537. The summed E-state index contributed by atoms with van der Waals surface area (Å²) < 4.78 is 44.4. The number of halogens is 4. The topological polar surface area (TPSA) is 59.3 Å².